The Morgan fingerprint density at radius 3 is 2.62 bits per heavy atom. The van der Waals surface area contributed by atoms with Crippen LogP contribution in [0.1, 0.15) is 6.42 Å². The SMILES string of the molecule is Cl.O=C(NCC(O)C(F)(F)F)[C@@H]1CCNC1. The summed E-state index contributed by atoms with van der Waals surface area (Å²) in [6.45, 7) is 0.396. The van der Waals surface area contributed by atoms with E-state index in [1.807, 2.05) is 0 Å². The summed E-state index contributed by atoms with van der Waals surface area (Å²) in [7, 11) is 0. The molecule has 0 spiro atoms. The van der Waals surface area contributed by atoms with Gasteiger partial charge in [0.15, 0.2) is 6.10 Å². The minimum Gasteiger partial charge on any atom is -0.382 e. The Morgan fingerprint density at radius 1 is 1.56 bits per heavy atom. The summed E-state index contributed by atoms with van der Waals surface area (Å²) in [5, 5.41) is 13.6. The van der Waals surface area contributed by atoms with Crippen molar-refractivity contribution in [1.82, 2.24) is 10.6 Å². The van der Waals surface area contributed by atoms with Gasteiger partial charge >= 0.3 is 6.18 Å². The van der Waals surface area contributed by atoms with E-state index in [0.717, 1.165) is 0 Å². The molecule has 0 bridgehead atoms. The summed E-state index contributed by atoms with van der Waals surface area (Å²) in [5.74, 6) is -0.728. The predicted octanol–water partition coefficient (Wildman–Crippen LogP) is 0.0571. The van der Waals surface area contributed by atoms with Gasteiger partial charge in [-0.3, -0.25) is 4.79 Å². The molecule has 2 atom stereocenters. The fourth-order valence-electron chi connectivity index (χ4n) is 1.34. The van der Waals surface area contributed by atoms with Crippen LogP contribution in [0.5, 0.6) is 0 Å². The second-order valence-electron chi connectivity index (χ2n) is 3.49. The Hall–Kier alpha value is -0.530. The Balaban J connectivity index is 0.00000225. The molecule has 1 amide bonds. The van der Waals surface area contributed by atoms with E-state index in [1.165, 1.54) is 0 Å². The van der Waals surface area contributed by atoms with Crippen molar-refractivity contribution in [3.63, 3.8) is 0 Å². The number of aliphatic hydroxyl groups is 1. The maximum atomic E-state index is 11.9. The molecule has 0 saturated carbocycles. The summed E-state index contributed by atoms with van der Waals surface area (Å²) in [6, 6.07) is 0. The molecule has 1 fully saturated rings. The summed E-state index contributed by atoms with van der Waals surface area (Å²) in [6.07, 6.45) is -6.55. The Labute approximate surface area is 97.0 Å². The molecule has 1 heterocycles. The van der Waals surface area contributed by atoms with Gasteiger partial charge in [0.1, 0.15) is 0 Å². The summed E-state index contributed by atoms with van der Waals surface area (Å²) < 4.78 is 35.6. The molecule has 16 heavy (non-hydrogen) atoms. The molecule has 0 aromatic carbocycles. The number of aliphatic hydroxyl groups excluding tert-OH is 1. The molecule has 0 aliphatic carbocycles. The zero-order valence-electron chi connectivity index (χ0n) is 8.38. The lowest BCUT2D eigenvalue weighted by molar-refractivity contribution is -0.201. The van der Waals surface area contributed by atoms with Crippen molar-refractivity contribution < 1.29 is 23.1 Å². The van der Waals surface area contributed by atoms with E-state index in [4.69, 9.17) is 5.11 Å². The predicted molar refractivity (Wildman–Crippen MR) is 53.3 cm³/mol. The molecule has 1 unspecified atom stereocenters. The van der Waals surface area contributed by atoms with Gasteiger partial charge in [-0.05, 0) is 13.0 Å². The van der Waals surface area contributed by atoms with Crippen molar-refractivity contribution in [3.8, 4) is 0 Å². The smallest absolute Gasteiger partial charge is 0.382 e. The number of amides is 1. The monoisotopic (exact) mass is 262 g/mol. The Bertz CT molecular complexity index is 232. The molecule has 8 heteroatoms. The van der Waals surface area contributed by atoms with Gasteiger partial charge in [-0.25, -0.2) is 0 Å². The van der Waals surface area contributed by atoms with Crippen molar-refractivity contribution >= 4 is 18.3 Å². The van der Waals surface area contributed by atoms with E-state index < -0.39 is 24.7 Å². The number of rotatable bonds is 3. The van der Waals surface area contributed by atoms with E-state index in [-0.39, 0.29) is 18.3 Å². The molecule has 3 N–H and O–H groups in total. The number of hydrogen-bond acceptors (Lipinski definition) is 3. The molecule has 96 valence electrons. The van der Waals surface area contributed by atoms with E-state index in [9.17, 15) is 18.0 Å². The van der Waals surface area contributed by atoms with E-state index in [1.54, 1.807) is 0 Å². The first-order chi connectivity index (χ1) is 6.91. The van der Waals surface area contributed by atoms with Crippen LogP contribution in [-0.4, -0.2) is 42.9 Å². The standard InChI is InChI=1S/C8H13F3N2O2.ClH/c9-8(10,11)6(14)4-13-7(15)5-1-2-12-3-5;/h5-6,12,14H,1-4H2,(H,13,15);1H/t5-,6?;/m1./s1. The van der Waals surface area contributed by atoms with Gasteiger partial charge in [-0.2, -0.15) is 13.2 Å². The van der Waals surface area contributed by atoms with Crippen LogP contribution in [-0.2, 0) is 4.79 Å². The molecule has 0 aromatic rings. The van der Waals surface area contributed by atoms with Crippen LogP contribution in [0, 0.1) is 5.92 Å². The summed E-state index contributed by atoms with van der Waals surface area (Å²) in [4.78, 5) is 11.2. The second kappa shape index (κ2) is 6.27. The van der Waals surface area contributed by atoms with Crippen molar-refractivity contribution in [1.29, 1.82) is 0 Å². The topological polar surface area (TPSA) is 61.4 Å². The molecule has 0 aromatic heterocycles. The number of hydrogen-bond donors (Lipinski definition) is 3. The minimum absolute atomic E-state index is 0. The average molecular weight is 263 g/mol. The zero-order chi connectivity index (χ0) is 11.5. The largest absolute Gasteiger partial charge is 0.416 e. The van der Waals surface area contributed by atoms with Crippen LogP contribution < -0.4 is 10.6 Å². The number of carbonyl (C=O) groups is 1. The lowest BCUT2D eigenvalue weighted by Crippen LogP contribution is -2.43. The van der Waals surface area contributed by atoms with Gasteiger partial charge in [-0.1, -0.05) is 0 Å². The zero-order valence-corrected chi connectivity index (χ0v) is 9.20. The average Bonchev–Trinajstić information content (AvgIpc) is 2.64. The fourth-order valence-corrected chi connectivity index (χ4v) is 1.34. The molecule has 0 radical (unpaired) electrons. The van der Waals surface area contributed by atoms with Gasteiger partial charge < -0.3 is 15.7 Å². The number of nitrogens with one attached hydrogen (secondary N) is 2. The maximum Gasteiger partial charge on any atom is 0.416 e. The second-order valence-corrected chi connectivity index (χ2v) is 3.49. The van der Waals surface area contributed by atoms with Gasteiger partial charge in [0.2, 0.25) is 5.91 Å². The number of carbonyl (C=O) groups excluding carboxylic acids is 1. The van der Waals surface area contributed by atoms with Crippen LogP contribution in [0.4, 0.5) is 13.2 Å². The fraction of sp³-hybridized carbons (Fsp3) is 0.875. The number of halogens is 4. The molecule has 1 aliphatic heterocycles. The third-order valence-corrected chi connectivity index (χ3v) is 2.28. The molecular formula is C8H14ClF3N2O2. The van der Waals surface area contributed by atoms with Crippen LogP contribution in [0.3, 0.4) is 0 Å². The van der Waals surface area contributed by atoms with Crippen molar-refractivity contribution in [2.75, 3.05) is 19.6 Å². The highest BCUT2D eigenvalue weighted by Crippen LogP contribution is 2.19. The van der Waals surface area contributed by atoms with Crippen molar-refractivity contribution in [2.45, 2.75) is 18.7 Å². The molecule has 4 nitrogen and oxygen atoms in total. The van der Waals surface area contributed by atoms with E-state index >= 15 is 0 Å². The molecule has 1 rings (SSSR count). The van der Waals surface area contributed by atoms with Crippen LogP contribution in [0.25, 0.3) is 0 Å². The van der Waals surface area contributed by atoms with Crippen LogP contribution in [0.2, 0.25) is 0 Å². The Morgan fingerprint density at radius 2 is 2.19 bits per heavy atom. The van der Waals surface area contributed by atoms with Gasteiger partial charge in [-0.15, -0.1) is 12.4 Å². The maximum absolute atomic E-state index is 11.9. The van der Waals surface area contributed by atoms with Gasteiger partial charge in [0, 0.05) is 6.54 Å². The highest BCUT2D eigenvalue weighted by molar-refractivity contribution is 5.85. The Kier molecular flexibility index (Phi) is 6.06. The first kappa shape index (κ1) is 15.5. The van der Waals surface area contributed by atoms with E-state index in [0.29, 0.717) is 19.5 Å². The van der Waals surface area contributed by atoms with Crippen molar-refractivity contribution in [3.05, 3.63) is 0 Å². The van der Waals surface area contributed by atoms with Gasteiger partial charge in [0.25, 0.3) is 0 Å². The molecular weight excluding hydrogens is 249 g/mol. The highest BCUT2D eigenvalue weighted by atomic mass is 35.5. The third kappa shape index (κ3) is 4.54. The molecule has 1 aliphatic rings. The van der Waals surface area contributed by atoms with Crippen molar-refractivity contribution in [2.24, 2.45) is 5.92 Å². The van der Waals surface area contributed by atoms with E-state index in [2.05, 4.69) is 10.6 Å². The molecule has 1 saturated heterocycles. The quantitative estimate of drug-likeness (QED) is 0.674. The van der Waals surface area contributed by atoms with Crippen LogP contribution >= 0.6 is 12.4 Å². The highest BCUT2D eigenvalue weighted by Gasteiger charge is 2.38. The lowest BCUT2D eigenvalue weighted by atomic mass is 10.1. The van der Waals surface area contributed by atoms with Gasteiger partial charge in [0.05, 0.1) is 12.5 Å². The first-order valence-electron chi connectivity index (χ1n) is 4.64. The number of alkyl halides is 3. The third-order valence-electron chi connectivity index (χ3n) is 2.28. The summed E-state index contributed by atoms with van der Waals surface area (Å²) in [5.41, 5.74) is 0. The minimum atomic E-state index is -4.68. The summed E-state index contributed by atoms with van der Waals surface area (Å²) >= 11 is 0. The normalized spacial score (nSPS) is 22.4. The first-order valence-corrected chi connectivity index (χ1v) is 4.64. The lowest BCUT2D eigenvalue weighted by Gasteiger charge is -2.16. The van der Waals surface area contributed by atoms with Crippen LogP contribution in [0.15, 0.2) is 0 Å².